The fraction of sp³-hybridized carbons (Fsp3) is 0.429. The van der Waals surface area contributed by atoms with Crippen molar-refractivity contribution >= 4 is 34.3 Å². The van der Waals surface area contributed by atoms with Crippen molar-refractivity contribution in [3.8, 4) is 0 Å². The summed E-state index contributed by atoms with van der Waals surface area (Å²) < 4.78 is 1.01. The van der Waals surface area contributed by atoms with Crippen LogP contribution in [-0.2, 0) is 0 Å². The third-order valence-electron chi connectivity index (χ3n) is 3.60. The molecule has 0 saturated carbocycles. The standard InChI is InChI=1S/C14H19IN4O2/c1-10-3-2-4-11(13(10)15)14(20)19-7-5-18(6-8-19)9-12(16)17-21/h2-4,21H,5-9H2,1H3,(H2,16,17). The van der Waals surface area contributed by atoms with Crippen LogP contribution in [0, 0.1) is 10.5 Å². The second-order valence-electron chi connectivity index (χ2n) is 5.10. The molecule has 0 spiro atoms. The van der Waals surface area contributed by atoms with E-state index in [1.807, 2.05) is 30.0 Å². The maximum absolute atomic E-state index is 12.6. The minimum absolute atomic E-state index is 0.0755. The van der Waals surface area contributed by atoms with Crippen molar-refractivity contribution in [1.82, 2.24) is 9.80 Å². The topological polar surface area (TPSA) is 82.2 Å². The van der Waals surface area contributed by atoms with Crippen LogP contribution in [-0.4, -0.2) is 59.5 Å². The maximum atomic E-state index is 12.6. The van der Waals surface area contributed by atoms with Crippen LogP contribution in [0.2, 0.25) is 0 Å². The van der Waals surface area contributed by atoms with Crippen LogP contribution in [0.5, 0.6) is 0 Å². The number of carbonyl (C=O) groups is 1. The summed E-state index contributed by atoms with van der Waals surface area (Å²) in [4.78, 5) is 16.5. The zero-order chi connectivity index (χ0) is 15.4. The van der Waals surface area contributed by atoms with Gasteiger partial charge in [-0.3, -0.25) is 9.69 Å². The van der Waals surface area contributed by atoms with Crippen molar-refractivity contribution in [1.29, 1.82) is 0 Å². The quantitative estimate of drug-likeness (QED) is 0.261. The Morgan fingerprint density at radius 3 is 2.67 bits per heavy atom. The summed E-state index contributed by atoms with van der Waals surface area (Å²) in [6, 6.07) is 5.80. The number of hydrogen-bond donors (Lipinski definition) is 2. The average molecular weight is 402 g/mol. The molecule has 21 heavy (non-hydrogen) atoms. The molecule has 1 fully saturated rings. The van der Waals surface area contributed by atoms with Gasteiger partial charge in [0, 0.05) is 29.7 Å². The molecule has 0 unspecified atom stereocenters. The Bertz CT molecular complexity index is 554. The first-order chi connectivity index (χ1) is 10.0. The Morgan fingerprint density at radius 2 is 2.05 bits per heavy atom. The van der Waals surface area contributed by atoms with Gasteiger partial charge in [0.2, 0.25) is 0 Å². The molecule has 1 aromatic carbocycles. The number of amidine groups is 1. The number of aryl methyl sites for hydroxylation is 1. The van der Waals surface area contributed by atoms with Crippen LogP contribution in [0.25, 0.3) is 0 Å². The molecule has 2 rings (SSSR count). The number of hydrogen-bond acceptors (Lipinski definition) is 4. The molecule has 3 N–H and O–H groups in total. The Morgan fingerprint density at radius 1 is 1.38 bits per heavy atom. The molecule has 1 amide bonds. The summed E-state index contributed by atoms with van der Waals surface area (Å²) in [6.45, 7) is 5.20. The van der Waals surface area contributed by atoms with E-state index >= 15 is 0 Å². The molecular weight excluding hydrogens is 383 g/mol. The van der Waals surface area contributed by atoms with Crippen molar-refractivity contribution in [3.05, 3.63) is 32.9 Å². The van der Waals surface area contributed by atoms with E-state index in [2.05, 4.69) is 32.6 Å². The molecule has 1 aliphatic rings. The van der Waals surface area contributed by atoms with Crippen LogP contribution in [0.4, 0.5) is 0 Å². The summed E-state index contributed by atoms with van der Waals surface area (Å²) in [7, 11) is 0. The van der Waals surface area contributed by atoms with Gasteiger partial charge in [0.1, 0.15) is 0 Å². The van der Waals surface area contributed by atoms with Gasteiger partial charge in [0.15, 0.2) is 5.84 Å². The molecule has 1 aromatic rings. The van der Waals surface area contributed by atoms with Crippen LogP contribution >= 0.6 is 22.6 Å². The fourth-order valence-corrected chi connectivity index (χ4v) is 2.94. The molecule has 114 valence electrons. The second-order valence-corrected chi connectivity index (χ2v) is 6.17. The van der Waals surface area contributed by atoms with E-state index < -0.39 is 0 Å². The number of nitrogens with two attached hydrogens (primary N) is 1. The monoisotopic (exact) mass is 402 g/mol. The first-order valence-electron chi connectivity index (χ1n) is 6.76. The summed E-state index contributed by atoms with van der Waals surface area (Å²) in [6.07, 6.45) is 0. The van der Waals surface area contributed by atoms with Gasteiger partial charge in [-0.15, -0.1) is 0 Å². The van der Waals surface area contributed by atoms with Crippen molar-refractivity contribution in [2.45, 2.75) is 6.92 Å². The van der Waals surface area contributed by atoms with Gasteiger partial charge in [-0.05, 0) is 41.1 Å². The first kappa shape index (κ1) is 16.0. The van der Waals surface area contributed by atoms with Gasteiger partial charge < -0.3 is 15.8 Å². The van der Waals surface area contributed by atoms with Crippen molar-refractivity contribution in [3.63, 3.8) is 0 Å². The van der Waals surface area contributed by atoms with Gasteiger partial charge >= 0.3 is 0 Å². The number of carbonyl (C=O) groups excluding carboxylic acids is 1. The third-order valence-corrected chi connectivity index (χ3v) is 5.03. The maximum Gasteiger partial charge on any atom is 0.255 e. The van der Waals surface area contributed by atoms with Gasteiger partial charge in [0.05, 0.1) is 12.1 Å². The highest BCUT2D eigenvalue weighted by atomic mass is 127. The van der Waals surface area contributed by atoms with Gasteiger partial charge in [-0.1, -0.05) is 17.3 Å². The summed E-state index contributed by atoms with van der Waals surface area (Å²) in [5.74, 6) is 0.273. The Kier molecular flexibility index (Phi) is 5.40. The molecular formula is C14H19IN4O2. The average Bonchev–Trinajstić information content (AvgIpc) is 2.50. The molecule has 7 heteroatoms. The number of nitrogens with zero attached hydrogens (tertiary/aromatic N) is 3. The molecule has 0 bridgehead atoms. The van der Waals surface area contributed by atoms with Crippen LogP contribution in [0.1, 0.15) is 15.9 Å². The Labute approximate surface area is 137 Å². The lowest BCUT2D eigenvalue weighted by Crippen LogP contribution is -2.50. The zero-order valence-electron chi connectivity index (χ0n) is 11.9. The van der Waals surface area contributed by atoms with Gasteiger partial charge in [-0.2, -0.15) is 0 Å². The summed E-state index contributed by atoms with van der Waals surface area (Å²) in [5, 5.41) is 11.6. The molecule has 0 aromatic heterocycles. The molecule has 1 aliphatic heterocycles. The number of piperazine rings is 1. The van der Waals surface area contributed by atoms with Crippen LogP contribution in [0.15, 0.2) is 23.4 Å². The van der Waals surface area contributed by atoms with Gasteiger partial charge in [0.25, 0.3) is 5.91 Å². The number of halogens is 1. The number of oxime groups is 1. The summed E-state index contributed by atoms with van der Waals surface area (Å²) >= 11 is 2.22. The van der Waals surface area contributed by atoms with Crippen molar-refractivity contribution in [2.75, 3.05) is 32.7 Å². The lowest BCUT2D eigenvalue weighted by Gasteiger charge is -2.34. The van der Waals surface area contributed by atoms with E-state index in [1.54, 1.807) is 0 Å². The number of rotatable bonds is 3. The van der Waals surface area contributed by atoms with E-state index in [1.165, 1.54) is 0 Å². The molecule has 6 nitrogen and oxygen atoms in total. The highest BCUT2D eigenvalue weighted by Gasteiger charge is 2.24. The number of benzene rings is 1. The smallest absolute Gasteiger partial charge is 0.255 e. The normalized spacial score (nSPS) is 17.0. The van der Waals surface area contributed by atoms with E-state index in [0.717, 1.165) is 27.8 Å². The largest absolute Gasteiger partial charge is 0.409 e. The lowest BCUT2D eigenvalue weighted by atomic mass is 10.1. The molecule has 0 aliphatic carbocycles. The Balaban J connectivity index is 1.99. The third kappa shape index (κ3) is 3.85. The van der Waals surface area contributed by atoms with Crippen LogP contribution in [0.3, 0.4) is 0 Å². The highest BCUT2D eigenvalue weighted by Crippen LogP contribution is 2.19. The van der Waals surface area contributed by atoms with Crippen LogP contribution < -0.4 is 5.73 Å². The van der Waals surface area contributed by atoms with Crippen molar-refractivity contribution in [2.24, 2.45) is 10.9 Å². The molecule has 1 saturated heterocycles. The van der Waals surface area contributed by atoms with E-state index in [-0.39, 0.29) is 11.7 Å². The summed E-state index contributed by atoms with van der Waals surface area (Å²) in [5.41, 5.74) is 7.38. The molecule has 0 radical (unpaired) electrons. The minimum Gasteiger partial charge on any atom is -0.409 e. The van der Waals surface area contributed by atoms with Gasteiger partial charge in [-0.25, -0.2) is 0 Å². The fourth-order valence-electron chi connectivity index (χ4n) is 2.35. The minimum atomic E-state index is 0.0755. The molecule has 1 heterocycles. The van der Waals surface area contributed by atoms with E-state index in [9.17, 15) is 4.79 Å². The van der Waals surface area contributed by atoms with Crippen molar-refractivity contribution < 1.29 is 10.0 Å². The highest BCUT2D eigenvalue weighted by molar-refractivity contribution is 14.1. The predicted octanol–water partition coefficient (Wildman–Crippen LogP) is 1.10. The second kappa shape index (κ2) is 7.08. The zero-order valence-corrected chi connectivity index (χ0v) is 14.1. The SMILES string of the molecule is Cc1cccc(C(=O)N2CCN(C/C(N)=N/O)CC2)c1I. The Hall–Kier alpha value is -1.35. The first-order valence-corrected chi connectivity index (χ1v) is 7.84. The lowest BCUT2D eigenvalue weighted by molar-refractivity contribution is 0.0652. The van der Waals surface area contributed by atoms with E-state index in [4.69, 9.17) is 10.9 Å². The molecule has 0 atom stereocenters. The number of amides is 1. The predicted molar refractivity (Wildman–Crippen MR) is 89.6 cm³/mol. The van der Waals surface area contributed by atoms with E-state index in [0.29, 0.717) is 19.6 Å².